The topological polar surface area (TPSA) is 42.8 Å². The summed E-state index contributed by atoms with van der Waals surface area (Å²) in [7, 11) is 3.51. The van der Waals surface area contributed by atoms with E-state index in [1.807, 2.05) is 31.3 Å². The molecule has 0 radical (unpaired) electrons. The van der Waals surface area contributed by atoms with Gasteiger partial charge in [0.2, 0.25) is 0 Å². The van der Waals surface area contributed by atoms with E-state index < -0.39 is 0 Å². The lowest BCUT2D eigenvalue weighted by molar-refractivity contribution is -0.885. The fourth-order valence-corrected chi connectivity index (χ4v) is 2.56. The first kappa shape index (κ1) is 17.6. The number of halogens is 2. The molecule has 122 valence electrons. The van der Waals surface area contributed by atoms with Crippen LogP contribution in [0.25, 0.3) is 0 Å². The van der Waals surface area contributed by atoms with Gasteiger partial charge in [0.25, 0.3) is 5.91 Å². The summed E-state index contributed by atoms with van der Waals surface area (Å²) in [6.07, 6.45) is 0. The second kappa shape index (κ2) is 8.20. The summed E-state index contributed by atoms with van der Waals surface area (Å²) in [5, 5.41) is 4.09. The fraction of sp³-hybridized carbons (Fsp3) is 0.235. The average Bonchev–Trinajstić information content (AvgIpc) is 2.49. The highest BCUT2D eigenvalue weighted by Gasteiger charge is 2.13. The van der Waals surface area contributed by atoms with Crippen molar-refractivity contribution in [2.75, 3.05) is 26.0 Å². The number of quaternary nitrogens is 1. The smallest absolute Gasteiger partial charge is 0.279 e. The maximum absolute atomic E-state index is 12.2. The van der Waals surface area contributed by atoms with Crippen molar-refractivity contribution in [3.05, 3.63) is 58.1 Å². The van der Waals surface area contributed by atoms with Gasteiger partial charge in [-0.05, 0) is 30.3 Å². The van der Waals surface area contributed by atoms with E-state index >= 15 is 0 Å². The van der Waals surface area contributed by atoms with Crippen molar-refractivity contribution >= 4 is 34.8 Å². The minimum absolute atomic E-state index is 0.1000. The molecule has 0 spiro atoms. The first-order chi connectivity index (χ1) is 11.0. The van der Waals surface area contributed by atoms with Gasteiger partial charge in [-0.1, -0.05) is 35.3 Å². The molecule has 0 aliphatic carbocycles. The zero-order valence-electron chi connectivity index (χ0n) is 13.0. The molecule has 1 atom stereocenters. The Morgan fingerprint density at radius 3 is 2.43 bits per heavy atom. The Kier molecular flexibility index (Phi) is 6.28. The van der Waals surface area contributed by atoms with Crippen molar-refractivity contribution in [3.63, 3.8) is 0 Å². The normalized spacial score (nSPS) is 11.8. The van der Waals surface area contributed by atoms with Gasteiger partial charge in [-0.3, -0.25) is 4.79 Å². The monoisotopic (exact) mass is 353 g/mol. The number of carbonyl (C=O) groups excluding carboxylic acids is 1. The quantitative estimate of drug-likeness (QED) is 0.838. The number of hydrogen-bond acceptors (Lipinski definition) is 2. The molecule has 0 saturated heterocycles. The zero-order valence-corrected chi connectivity index (χ0v) is 14.5. The Bertz CT molecular complexity index is 675. The van der Waals surface area contributed by atoms with E-state index in [1.54, 1.807) is 25.3 Å². The molecule has 0 fully saturated rings. The summed E-state index contributed by atoms with van der Waals surface area (Å²) in [5.41, 5.74) is 1.70. The number of hydrogen-bond donors (Lipinski definition) is 2. The Hall–Kier alpha value is -1.75. The van der Waals surface area contributed by atoms with E-state index in [0.29, 0.717) is 28.0 Å². The van der Waals surface area contributed by atoms with Gasteiger partial charge in [0.1, 0.15) is 12.3 Å². The lowest BCUT2D eigenvalue weighted by Gasteiger charge is -2.15. The van der Waals surface area contributed by atoms with Crippen molar-refractivity contribution in [3.8, 4) is 5.75 Å². The predicted octanol–water partition coefficient (Wildman–Crippen LogP) is 2.66. The van der Waals surface area contributed by atoms with Crippen LogP contribution in [0.4, 0.5) is 5.69 Å². The van der Waals surface area contributed by atoms with Gasteiger partial charge in [-0.15, -0.1) is 0 Å². The minimum Gasteiger partial charge on any atom is -0.495 e. The van der Waals surface area contributed by atoms with E-state index in [0.717, 1.165) is 17.0 Å². The number of methoxy groups -OCH3 is 1. The van der Waals surface area contributed by atoms with Crippen molar-refractivity contribution in [1.82, 2.24) is 0 Å². The highest BCUT2D eigenvalue weighted by atomic mass is 35.5. The lowest BCUT2D eigenvalue weighted by atomic mass is 10.2. The second-order valence-electron chi connectivity index (χ2n) is 5.33. The number of likely N-dealkylation sites (N-methyl/N-ethyl adjacent to an activating group) is 1. The molecule has 0 aromatic heterocycles. The van der Waals surface area contributed by atoms with E-state index in [9.17, 15) is 4.79 Å². The zero-order chi connectivity index (χ0) is 16.8. The van der Waals surface area contributed by atoms with Crippen LogP contribution in [0.1, 0.15) is 5.56 Å². The number of carbonyl (C=O) groups is 1. The molecule has 0 saturated carbocycles. The lowest BCUT2D eigenvalue weighted by Crippen LogP contribution is -3.08. The summed E-state index contributed by atoms with van der Waals surface area (Å²) < 4.78 is 5.22. The Morgan fingerprint density at radius 2 is 1.78 bits per heavy atom. The number of ether oxygens (including phenoxy) is 1. The SMILES string of the molecule is COc1ccc(Cl)cc1NC(=O)C[NH+](C)Cc1ccc(Cl)cc1. The van der Waals surface area contributed by atoms with Gasteiger partial charge in [-0.25, -0.2) is 0 Å². The molecule has 2 N–H and O–H groups in total. The predicted molar refractivity (Wildman–Crippen MR) is 93.5 cm³/mol. The first-order valence-corrected chi connectivity index (χ1v) is 7.92. The molecule has 23 heavy (non-hydrogen) atoms. The summed E-state index contributed by atoms with van der Waals surface area (Å²) in [6, 6.07) is 12.7. The van der Waals surface area contributed by atoms with Crippen LogP contribution >= 0.6 is 23.2 Å². The van der Waals surface area contributed by atoms with Gasteiger partial charge < -0.3 is 15.0 Å². The van der Waals surface area contributed by atoms with Crippen molar-refractivity contribution in [1.29, 1.82) is 0 Å². The number of anilines is 1. The maximum Gasteiger partial charge on any atom is 0.279 e. The van der Waals surface area contributed by atoms with Crippen LogP contribution < -0.4 is 15.0 Å². The number of rotatable bonds is 6. The molecular formula is C17H19Cl2N2O2+. The molecule has 6 heteroatoms. The summed E-state index contributed by atoms with van der Waals surface area (Å²) in [6.45, 7) is 1.07. The van der Waals surface area contributed by atoms with Crippen molar-refractivity contribution < 1.29 is 14.4 Å². The third kappa shape index (κ3) is 5.43. The molecule has 0 heterocycles. The molecule has 2 aromatic carbocycles. The second-order valence-corrected chi connectivity index (χ2v) is 6.20. The van der Waals surface area contributed by atoms with Gasteiger partial charge in [0.05, 0.1) is 19.8 Å². The van der Waals surface area contributed by atoms with Crippen molar-refractivity contribution in [2.45, 2.75) is 6.54 Å². The Morgan fingerprint density at radius 1 is 1.13 bits per heavy atom. The fourth-order valence-electron chi connectivity index (χ4n) is 2.26. The Balaban J connectivity index is 1.94. The maximum atomic E-state index is 12.2. The van der Waals surface area contributed by atoms with Gasteiger partial charge in [-0.2, -0.15) is 0 Å². The van der Waals surface area contributed by atoms with Crippen LogP contribution in [0.2, 0.25) is 10.0 Å². The summed E-state index contributed by atoms with van der Waals surface area (Å²) >= 11 is 11.8. The largest absolute Gasteiger partial charge is 0.495 e. The van der Waals surface area contributed by atoms with Crippen molar-refractivity contribution in [2.24, 2.45) is 0 Å². The third-order valence-corrected chi connectivity index (χ3v) is 3.80. The van der Waals surface area contributed by atoms with E-state index in [1.165, 1.54) is 0 Å². The van der Waals surface area contributed by atoms with Gasteiger partial charge in [0, 0.05) is 15.6 Å². The van der Waals surface area contributed by atoms with E-state index in [2.05, 4.69) is 5.32 Å². The first-order valence-electron chi connectivity index (χ1n) is 7.17. The summed E-state index contributed by atoms with van der Waals surface area (Å²) in [5.74, 6) is 0.482. The van der Waals surface area contributed by atoms with E-state index in [-0.39, 0.29) is 5.91 Å². The van der Waals surface area contributed by atoms with Gasteiger partial charge in [0.15, 0.2) is 6.54 Å². The van der Waals surface area contributed by atoms with Crippen LogP contribution in [0.5, 0.6) is 5.75 Å². The van der Waals surface area contributed by atoms with Crippen LogP contribution in [0, 0.1) is 0 Å². The third-order valence-electron chi connectivity index (χ3n) is 3.32. The molecule has 2 rings (SSSR count). The van der Waals surface area contributed by atoms with Crippen LogP contribution in [-0.2, 0) is 11.3 Å². The number of nitrogens with one attached hydrogen (secondary N) is 2. The molecule has 2 aromatic rings. The van der Waals surface area contributed by atoms with Crippen LogP contribution in [0.3, 0.4) is 0 Å². The molecule has 0 aliphatic rings. The molecule has 0 bridgehead atoms. The minimum atomic E-state index is -0.1000. The molecular weight excluding hydrogens is 335 g/mol. The Labute approximate surface area is 146 Å². The highest BCUT2D eigenvalue weighted by Crippen LogP contribution is 2.27. The number of benzene rings is 2. The van der Waals surface area contributed by atoms with Gasteiger partial charge >= 0.3 is 0 Å². The molecule has 1 unspecified atom stereocenters. The molecule has 4 nitrogen and oxygen atoms in total. The molecule has 1 amide bonds. The summed E-state index contributed by atoms with van der Waals surface area (Å²) in [4.78, 5) is 13.3. The highest BCUT2D eigenvalue weighted by molar-refractivity contribution is 6.31. The van der Waals surface area contributed by atoms with E-state index in [4.69, 9.17) is 27.9 Å². The van der Waals surface area contributed by atoms with Crippen LogP contribution in [0.15, 0.2) is 42.5 Å². The standard InChI is InChI=1S/C17H18Cl2N2O2/c1-21(10-12-3-5-13(18)6-4-12)11-17(22)20-15-9-14(19)7-8-16(15)23-2/h3-9H,10-11H2,1-2H3,(H,20,22)/p+1. The number of amides is 1. The molecule has 0 aliphatic heterocycles. The average molecular weight is 354 g/mol. The van der Waals surface area contributed by atoms with Crippen LogP contribution in [-0.4, -0.2) is 26.6 Å².